The molecule has 0 N–H and O–H groups in total. The SMILES string of the molecule is COc1cc(C(=O)N2C[C@H](C)C[C@H](C)C2)cc(OC)c1Br. The van der Waals surface area contributed by atoms with Crippen molar-refractivity contribution in [1.82, 2.24) is 4.90 Å². The van der Waals surface area contributed by atoms with Crippen LogP contribution in [0.4, 0.5) is 0 Å². The summed E-state index contributed by atoms with van der Waals surface area (Å²) in [5, 5.41) is 0. The van der Waals surface area contributed by atoms with Gasteiger partial charge >= 0.3 is 0 Å². The molecule has 1 aromatic rings. The second kappa shape index (κ2) is 6.69. The van der Waals surface area contributed by atoms with E-state index in [1.165, 1.54) is 6.42 Å². The van der Waals surface area contributed by atoms with Crippen LogP contribution >= 0.6 is 15.9 Å². The Morgan fingerprint density at radius 1 is 1.14 bits per heavy atom. The maximum absolute atomic E-state index is 12.7. The number of benzene rings is 1. The number of hydrogen-bond acceptors (Lipinski definition) is 3. The third-order valence-corrected chi connectivity index (χ3v) is 4.63. The van der Waals surface area contributed by atoms with E-state index in [1.54, 1.807) is 26.4 Å². The fourth-order valence-corrected chi connectivity index (χ4v) is 3.56. The van der Waals surface area contributed by atoms with E-state index in [4.69, 9.17) is 9.47 Å². The van der Waals surface area contributed by atoms with Crippen LogP contribution in [0.5, 0.6) is 11.5 Å². The van der Waals surface area contributed by atoms with Gasteiger partial charge in [-0.05, 0) is 46.3 Å². The second-order valence-electron chi connectivity index (χ2n) is 5.85. The van der Waals surface area contributed by atoms with Crippen molar-refractivity contribution in [1.29, 1.82) is 0 Å². The molecular weight excluding hydrogens is 334 g/mol. The average molecular weight is 356 g/mol. The second-order valence-corrected chi connectivity index (χ2v) is 6.64. The molecule has 116 valence electrons. The van der Waals surface area contributed by atoms with E-state index >= 15 is 0 Å². The van der Waals surface area contributed by atoms with Gasteiger partial charge in [0.1, 0.15) is 16.0 Å². The number of rotatable bonds is 3. The maximum atomic E-state index is 12.7. The van der Waals surface area contributed by atoms with Gasteiger partial charge in [-0.1, -0.05) is 13.8 Å². The van der Waals surface area contributed by atoms with Gasteiger partial charge in [0.05, 0.1) is 14.2 Å². The largest absolute Gasteiger partial charge is 0.495 e. The summed E-state index contributed by atoms with van der Waals surface area (Å²) in [6.45, 7) is 6.01. The smallest absolute Gasteiger partial charge is 0.254 e. The molecule has 2 rings (SSSR count). The number of amides is 1. The highest BCUT2D eigenvalue weighted by Gasteiger charge is 2.27. The van der Waals surface area contributed by atoms with Crippen LogP contribution in [-0.4, -0.2) is 38.1 Å². The van der Waals surface area contributed by atoms with E-state index in [-0.39, 0.29) is 5.91 Å². The topological polar surface area (TPSA) is 38.8 Å². The zero-order valence-electron chi connectivity index (χ0n) is 13.0. The number of methoxy groups -OCH3 is 2. The summed E-state index contributed by atoms with van der Waals surface area (Å²) in [6, 6.07) is 3.53. The molecule has 0 aliphatic carbocycles. The lowest BCUT2D eigenvalue weighted by atomic mass is 9.91. The van der Waals surface area contributed by atoms with E-state index < -0.39 is 0 Å². The fourth-order valence-electron chi connectivity index (χ4n) is 3.00. The van der Waals surface area contributed by atoms with Gasteiger partial charge in [-0.2, -0.15) is 0 Å². The summed E-state index contributed by atoms with van der Waals surface area (Å²) < 4.78 is 11.3. The zero-order chi connectivity index (χ0) is 15.6. The van der Waals surface area contributed by atoms with Crippen molar-refractivity contribution < 1.29 is 14.3 Å². The van der Waals surface area contributed by atoms with Crippen LogP contribution in [0.15, 0.2) is 16.6 Å². The molecule has 0 spiro atoms. The molecule has 0 saturated carbocycles. The number of halogens is 1. The van der Waals surface area contributed by atoms with E-state index in [9.17, 15) is 4.79 Å². The van der Waals surface area contributed by atoms with Crippen LogP contribution in [-0.2, 0) is 0 Å². The van der Waals surface area contributed by atoms with Crippen molar-refractivity contribution in [3.63, 3.8) is 0 Å². The van der Waals surface area contributed by atoms with Crippen LogP contribution in [0.2, 0.25) is 0 Å². The molecule has 1 aromatic carbocycles. The highest BCUT2D eigenvalue weighted by molar-refractivity contribution is 9.10. The predicted octanol–water partition coefficient (Wildman–Crippen LogP) is 3.58. The van der Waals surface area contributed by atoms with E-state index in [0.717, 1.165) is 17.6 Å². The van der Waals surface area contributed by atoms with Crippen molar-refractivity contribution >= 4 is 21.8 Å². The average Bonchev–Trinajstić information content (AvgIpc) is 2.45. The summed E-state index contributed by atoms with van der Waals surface area (Å²) in [5.41, 5.74) is 0.605. The minimum absolute atomic E-state index is 0.0394. The number of ether oxygens (including phenoxy) is 2. The minimum atomic E-state index is 0.0394. The molecule has 1 amide bonds. The third kappa shape index (κ3) is 3.51. The molecular formula is C16H22BrNO3. The van der Waals surface area contributed by atoms with E-state index in [1.807, 2.05) is 4.90 Å². The van der Waals surface area contributed by atoms with Crippen LogP contribution in [0.1, 0.15) is 30.6 Å². The van der Waals surface area contributed by atoms with Crippen LogP contribution in [0.25, 0.3) is 0 Å². The molecule has 1 aliphatic heterocycles. The van der Waals surface area contributed by atoms with Crippen molar-refractivity contribution in [2.24, 2.45) is 11.8 Å². The molecule has 5 heteroatoms. The first-order valence-corrected chi connectivity index (χ1v) is 7.96. The first kappa shape index (κ1) is 16.1. The quantitative estimate of drug-likeness (QED) is 0.831. The minimum Gasteiger partial charge on any atom is -0.495 e. The molecule has 1 heterocycles. The van der Waals surface area contributed by atoms with Crippen molar-refractivity contribution in [3.05, 3.63) is 22.2 Å². The molecule has 1 fully saturated rings. The Labute approximate surface area is 134 Å². The van der Waals surface area contributed by atoms with E-state index in [0.29, 0.717) is 28.9 Å². The molecule has 0 bridgehead atoms. The zero-order valence-corrected chi connectivity index (χ0v) is 14.6. The van der Waals surface area contributed by atoms with Crippen molar-refractivity contribution in [3.8, 4) is 11.5 Å². The lowest BCUT2D eigenvalue weighted by Crippen LogP contribution is -2.42. The van der Waals surface area contributed by atoms with Crippen molar-refractivity contribution in [2.45, 2.75) is 20.3 Å². The summed E-state index contributed by atoms with van der Waals surface area (Å²) in [7, 11) is 3.16. The monoisotopic (exact) mass is 355 g/mol. The molecule has 2 atom stereocenters. The van der Waals surface area contributed by atoms with Crippen LogP contribution in [0.3, 0.4) is 0 Å². The number of piperidine rings is 1. The highest BCUT2D eigenvalue weighted by atomic mass is 79.9. The van der Waals surface area contributed by atoms with Gasteiger partial charge in [0.25, 0.3) is 5.91 Å². The summed E-state index contributed by atoms with van der Waals surface area (Å²) >= 11 is 3.43. The van der Waals surface area contributed by atoms with Gasteiger partial charge in [-0.25, -0.2) is 0 Å². The molecule has 21 heavy (non-hydrogen) atoms. The Balaban J connectivity index is 2.30. The molecule has 1 aliphatic rings. The molecule has 0 unspecified atom stereocenters. The molecule has 0 aromatic heterocycles. The normalized spacial score (nSPS) is 22.0. The Kier molecular flexibility index (Phi) is 5.14. The van der Waals surface area contributed by atoms with Gasteiger partial charge in [0, 0.05) is 18.7 Å². The molecule has 0 radical (unpaired) electrons. The van der Waals surface area contributed by atoms with Gasteiger partial charge in [0.2, 0.25) is 0 Å². The van der Waals surface area contributed by atoms with Gasteiger partial charge < -0.3 is 14.4 Å². The highest BCUT2D eigenvalue weighted by Crippen LogP contribution is 2.36. The Morgan fingerprint density at radius 2 is 1.62 bits per heavy atom. The number of carbonyl (C=O) groups excluding carboxylic acids is 1. The molecule has 4 nitrogen and oxygen atoms in total. The van der Waals surface area contributed by atoms with Crippen molar-refractivity contribution in [2.75, 3.05) is 27.3 Å². The number of likely N-dealkylation sites (tertiary alicyclic amines) is 1. The van der Waals surface area contributed by atoms with Gasteiger partial charge in [-0.3, -0.25) is 4.79 Å². The lowest BCUT2D eigenvalue weighted by molar-refractivity contribution is 0.0622. The number of carbonyl (C=O) groups is 1. The van der Waals surface area contributed by atoms with Crippen LogP contribution < -0.4 is 9.47 Å². The van der Waals surface area contributed by atoms with Gasteiger partial charge in [-0.15, -0.1) is 0 Å². The lowest BCUT2D eigenvalue weighted by Gasteiger charge is -2.35. The Hall–Kier alpha value is -1.23. The first-order chi connectivity index (χ1) is 9.96. The standard InChI is InChI=1S/C16H22BrNO3/c1-10-5-11(2)9-18(8-10)16(19)12-6-13(20-3)15(17)14(7-12)21-4/h6-7,10-11H,5,8-9H2,1-4H3/t10-,11+. The third-order valence-electron chi connectivity index (χ3n) is 3.85. The van der Waals surface area contributed by atoms with Crippen LogP contribution in [0, 0.1) is 11.8 Å². The summed E-state index contributed by atoms with van der Waals surface area (Å²) in [4.78, 5) is 14.7. The predicted molar refractivity (Wildman–Crippen MR) is 86.1 cm³/mol. The van der Waals surface area contributed by atoms with E-state index in [2.05, 4.69) is 29.8 Å². The maximum Gasteiger partial charge on any atom is 0.254 e. The fraction of sp³-hybridized carbons (Fsp3) is 0.562. The summed E-state index contributed by atoms with van der Waals surface area (Å²) in [5.74, 6) is 2.33. The Morgan fingerprint density at radius 3 is 2.05 bits per heavy atom. The number of nitrogens with zero attached hydrogens (tertiary/aromatic N) is 1. The van der Waals surface area contributed by atoms with Gasteiger partial charge in [0.15, 0.2) is 0 Å². The Bertz CT molecular complexity index is 497. The molecule has 1 saturated heterocycles. The first-order valence-electron chi connectivity index (χ1n) is 7.17. The summed E-state index contributed by atoms with van der Waals surface area (Å²) in [6.07, 6.45) is 1.18. The number of hydrogen-bond donors (Lipinski definition) is 0.